The van der Waals surface area contributed by atoms with E-state index in [1.165, 1.54) is 22.3 Å². The molecular weight excluding hydrogens is 300 g/mol. The summed E-state index contributed by atoms with van der Waals surface area (Å²) in [5.41, 5.74) is 5.49. The first kappa shape index (κ1) is 15.9. The normalized spacial score (nSPS) is 22.0. The Kier molecular flexibility index (Phi) is 4.79. The molecule has 0 aromatic heterocycles. The van der Waals surface area contributed by atoms with Crippen molar-refractivity contribution < 1.29 is 0 Å². The minimum Gasteiger partial charge on any atom is -0.0836 e. The molecule has 25 heavy (non-hydrogen) atoms. The van der Waals surface area contributed by atoms with Crippen LogP contribution in [-0.4, -0.2) is 0 Å². The Hall–Kier alpha value is -2.60. The van der Waals surface area contributed by atoms with Crippen LogP contribution in [0.5, 0.6) is 0 Å². The molecule has 0 heterocycles. The second-order valence-corrected chi connectivity index (χ2v) is 6.98. The van der Waals surface area contributed by atoms with E-state index in [0.717, 1.165) is 19.3 Å². The molecule has 0 nitrogen and oxygen atoms in total. The quantitative estimate of drug-likeness (QED) is 0.599. The van der Waals surface area contributed by atoms with E-state index in [0.29, 0.717) is 11.8 Å². The van der Waals surface area contributed by atoms with Gasteiger partial charge in [-0.1, -0.05) is 97.1 Å². The molecule has 0 saturated carbocycles. The topological polar surface area (TPSA) is 0 Å². The lowest BCUT2D eigenvalue weighted by Crippen LogP contribution is -2.08. The summed E-state index contributed by atoms with van der Waals surface area (Å²) in [6.07, 6.45) is 19.5. The van der Waals surface area contributed by atoms with Gasteiger partial charge in [-0.05, 0) is 47.4 Å². The standard InChI is InChI=1S/C25H24/c1-3-7-22(8-4-1)24-15-11-20(12-16-24)19-21-13-17-25(18-14-21)23-9-5-2-6-10-23/h1-9,11-13,15-18,21,23H,10,14,19H2. The molecule has 2 aliphatic rings. The monoisotopic (exact) mass is 324 g/mol. The number of allylic oxidation sites excluding steroid dienone is 8. The lowest BCUT2D eigenvalue weighted by atomic mass is 9.84. The van der Waals surface area contributed by atoms with Crippen LogP contribution in [0.1, 0.15) is 18.4 Å². The van der Waals surface area contributed by atoms with Gasteiger partial charge in [-0.3, -0.25) is 0 Å². The van der Waals surface area contributed by atoms with Gasteiger partial charge >= 0.3 is 0 Å². The number of benzene rings is 2. The van der Waals surface area contributed by atoms with Crippen LogP contribution < -0.4 is 0 Å². The zero-order chi connectivity index (χ0) is 16.9. The number of hydrogen-bond acceptors (Lipinski definition) is 0. The van der Waals surface area contributed by atoms with Crippen molar-refractivity contribution in [3.05, 3.63) is 108 Å². The van der Waals surface area contributed by atoms with Gasteiger partial charge in [0.25, 0.3) is 0 Å². The van der Waals surface area contributed by atoms with Crippen molar-refractivity contribution >= 4 is 0 Å². The molecule has 2 aromatic carbocycles. The highest BCUT2D eigenvalue weighted by Gasteiger charge is 2.15. The molecule has 4 rings (SSSR count). The molecule has 2 atom stereocenters. The lowest BCUT2D eigenvalue weighted by Gasteiger charge is -2.21. The van der Waals surface area contributed by atoms with Crippen molar-refractivity contribution in [1.29, 1.82) is 0 Å². The van der Waals surface area contributed by atoms with Gasteiger partial charge in [0.05, 0.1) is 0 Å². The summed E-state index contributed by atoms with van der Waals surface area (Å²) >= 11 is 0. The third kappa shape index (κ3) is 3.91. The first-order chi connectivity index (χ1) is 12.4. The largest absolute Gasteiger partial charge is 0.0836 e. The summed E-state index contributed by atoms with van der Waals surface area (Å²) in [5.74, 6) is 1.20. The minimum absolute atomic E-state index is 0.576. The van der Waals surface area contributed by atoms with Gasteiger partial charge in [0, 0.05) is 5.92 Å². The second kappa shape index (κ2) is 7.53. The van der Waals surface area contributed by atoms with E-state index in [2.05, 4.69) is 97.1 Å². The predicted molar refractivity (Wildman–Crippen MR) is 107 cm³/mol. The van der Waals surface area contributed by atoms with Crippen molar-refractivity contribution in [2.45, 2.75) is 19.3 Å². The van der Waals surface area contributed by atoms with E-state index < -0.39 is 0 Å². The molecule has 0 N–H and O–H groups in total. The highest BCUT2D eigenvalue weighted by molar-refractivity contribution is 5.63. The fourth-order valence-electron chi connectivity index (χ4n) is 3.70. The van der Waals surface area contributed by atoms with Crippen LogP contribution in [0, 0.1) is 11.8 Å². The lowest BCUT2D eigenvalue weighted by molar-refractivity contribution is 0.636. The summed E-state index contributed by atoms with van der Waals surface area (Å²) in [5, 5.41) is 0. The summed E-state index contributed by atoms with van der Waals surface area (Å²) in [6, 6.07) is 19.6. The predicted octanol–water partition coefficient (Wildman–Crippen LogP) is 6.53. The van der Waals surface area contributed by atoms with E-state index in [9.17, 15) is 0 Å². The highest BCUT2D eigenvalue weighted by Crippen LogP contribution is 2.29. The third-order valence-electron chi connectivity index (χ3n) is 5.18. The van der Waals surface area contributed by atoms with E-state index in [1.807, 2.05) is 0 Å². The van der Waals surface area contributed by atoms with Crippen LogP contribution >= 0.6 is 0 Å². The van der Waals surface area contributed by atoms with Crippen molar-refractivity contribution in [2.24, 2.45) is 11.8 Å². The van der Waals surface area contributed by atoms with Crippen LogP contribution in [0.25, 0.3) is 11.1 Å². The maximum Gasteiger partial charge on any atom is 0.00524 e. The van der Waals surface area contributed by atoms with Gasteiger partial charge in [0.1, 0.15) is 0 Å². The van der Waals surface area contributed by atoms with Crippen molar-refractivity contribution in [1.82, 2.24) is 0 Å². The van der Waals surface area contributed by atoms with Crippen molar-refractivity contribution in [3.8, 4) is 11.1 Å². The fraction of sp³-hybridized carbons (Fsp3) is 0.200. The zero-order valence-electron chi connectivity index (χ0n) is 14.5. The van der Waals surface area contributed by atoms with Crippen LogP contribution in [0.2, 0.25) is 0 Å². The van der Waals surface area contributed by atoms with Crippen LogP contribution in [0.3, 0.4) is 0 Å². The minimum atomic E-state index is 0.576. The SMILES string of the molecule is C1=CCC(C2=CCC(Cc3ccc(-c4ccccc4)cc3)C=C2)C=C1. The Balaban J connectivity index is 1.37. The van der Waals surface area contributed by atoms with Gasteiger partial charge in [-0.2, -0.15) is 0 Å². The molecule has 0 saturated heterocycles. The molecular formula is C25H24. The smallest absolute Gasteiger partial charge is 0.00524 e. The first-order valence-corrected chi connectivity index (χ1v) is 9.24. The van der Waals surface area contributed by atoms with Gasteiger partial charge in [0.2, 0.25) is 0 Å². The summed E-state index contributed by atoms with van der Waals surface area (Å²) in [6.45, 7) is 0. The molecule has 0 amide bonds. The van der Waals surface area contributed by atoms with Gasteiger partial charge in [-0.25, -0.2) is 0 Å². The molecule has 0 bridgehead atoms. The third-order valence-corrected chi connectivity index (χ3v) is 5.18. The van der Waals surface area contributed by atoms with Gasteiger partial charge in [0.15, 0.2) is 0 Å². The highest BCUT2D eigenvalue weighted by atomic mass is 14.2. The molecule has 2 unspecified atom stereocenters. The molecule has 0 fully saturated rings. The van der Waals surface area contributed by atoms with E-state index in [4.69, 9.17) is 0 Å². The molecule has 124 valence electrons. The van der Waals surface area contributed by atoms with Crippen molar-refractivity contribution in [3.63, 3.8) is 0 Å². The molecule has 0 aliphatic heterocycles. The number of hydrogen-bond donors (Lipinski definition) is 0. The van der Waals surface area contributed by atoms with Crippen LogP contribution in [0.4, 0.5) is 0 Å². The maximum atomic E-state index is 2.44. The zero-order valence-corrected chi connectivity index (χ0v) is 14.5. The average molecular weight is 324 g/mol. The summed E-state index contributed by atoms with van der Waals surface area (Å²) < 4.78 is 0. The van der Waals surface area contributed by atoms with Gasteiger partial charge < -0.3 is 0 Å². The Morgan fingerprint density at radius 1 is 0.760 bits per heavy atom. The first-order valence-electron chi connectivity index (χ1n) is 9.24. The second-order valence-electron chi connectivity index (χ2n) is 6.98. The number of rotatable bonds is 4. The molecule has 0 spiro atoms. The van der Waals surface area contributed by atoms with E-state index >= 15 is 0 Å². The van der Waals surface area contributed by atoms with Crippen LogP contribution in [0.15, 0.2) is 103 Å². The van der Waals surface area contributed by atoms with E-state index in [1.54, 1.807) is 0 Å². The Bertz CT molecular complexity index is 816. The Morgan fingerprint density at radius 2 is 1.56 bits per heavy atom. The van der Waals surface area contributed by atoms with Crippen molar-refractivity contribution in [2.75, 3.05) is 0 Å². The van der Waals surface area contributed by atoms with E-state index in [-0.39, 0.29) is 0 Å². The Morgan fingerprint density at radius 3 is 2.24 bits per heavy atom. The fourth-order valence-corrected chi connectivity index (χ4v) is 3.70. The Labute approximate surface area is 150 Å². The summed E-state index contributed by atoms with van der Waals surface area (Å²) in [4.78, 5) is 0. The van der Waals surface area contributed by atoms with Gasteiger partial charge in [-0.15, -0.1) is 0 Å². The maximum absolute atomic E-state index is 2.44. The van der Waals surface area contributed by atoms with Crippen LogP contribution in [-0.2, 0) is 6.42 Å². The molecule has 2 aliphatic carbocycles. The molecule has 2 aromatic rings. The summed E-state index contributed by atoms with van der Waals surface area (Å²) in [7, 11) is 0. The average Bonchev–Trinajstić information content (AvgIpc) is 2.71. The molecule has 0 radical (unpaired) electrons. The molecule has 0 heteroatoms.